The van der Waals surface area contributed by atoms with Gasteiger partial charge in [0.1, 0.15) is 5.56 Å². The number of hydrogen-bond acceptors (Lipinski definition) is 4. The number of methoxy groups -OCH3 is 2. The van der Waals surface area contributed by atoms with E-state index in [1.54, 1.807) is 12.1 Å². The number of halogens is 1. The Morgan fingerprint density at radius 2 is 2.12 bits per heavy atom. The number of rotatable bonds is 4. The molecule has 0 radical (unpaired) electrons. The van der Waals surface area contributed by atoms with Gasteiger partial charge in [-0.2, -0.15) is 0 Å². The molecule has 1 rings (SSSR count). The number of hydrogen-bond donors (Lipinski definition) is 1. The van der Waals surface area contributed by atoms with Crippen LogP contribution in [-0.4, -0.2) is 26.6 Å². The highest BCUT2D eigenvalue weighted by molar-refractivity contribution is 9.10. The Morgan fingerprint density at radius 1 is 1.44 bits per heavy atom. The summed E-state index contributed by atoms with van der Waals surface area (Å²) in [5, 5.41) is 2.44. The van der Waals surface area contributed by atoms with Crippen molar-refractivity contribution in [3.63, 3.8) is 0 Å². The van der Waals surface area contributed by atoms with E-state index < -0.39 is 5.97 Å². The Balaban J connectivity index is 3.34. The number of benzene rings is 1. The van der Waals surface area contributed by atoms with Gasteiger partial charge in [-0.1, -0.05) is 15.9 Å². The largest absolute Gasteiger partial charge is 0.494 e. The van der Waals surface area contributed by atoms with Crippen LogP contribution in [0.5, 0.6) is 5.75 Å². The van der Waals surface area contributed by atoms with Crippen molar-refractivity contribution in [1.82, 2.24) is 0 Å². The maximum absolute atomic E-state index is 11.5. The van der Waals surface area contributed by atoms with Crippen LogP contribution in [0.2, 0.25) is 0 Å². The lowest BCUT2D eigenvalue weighted by Crippen LogP contribution is -2.07. The number of esters is 1. The molecule has 6 heteroatoms. The molecule has 0 saturated carbocycles. The minimum absolute atomic E-state index is 0.240. The third-order valence-corrected chi connectivity index (χ3v) is 2.34. The summed E-state index contributed by atoms with van der Waals surface area (Å²) in [5.41, 5.74) is 0.635. The molecule has 1 N–H and O–H groups in total. The molecular formula is C10H10BrNO4. The van der Waals surface area contributed by atoms with Gasteiger partial charge in [-0.05, 0) is 12.1 Å². The van der Waals surface area contributed by atoms with Crippen LogP contribution >= 0.6 is 15.9 Å². The molecule has 0 aliphatic carbocycles. The maximum atomic E-state index is 11.5. The summed E-state index contributed by atoms with van der Waals surface area (Å²) in [6.45, 7) is 0. The smallest absolute Gasteiger partial charge is 0.341 e. The number of amides is 1. The zero-order valence-corrected chi connectivity index (χ0v) is 10.3. The van der Waals surface area contributed by atoms with E-state index in [1.807, 2.05) is 0 Å². The summed E-state index contributed by atoms with van der Waals surface area (Å²) in [6, 6.07) is 3.18. The molecule has 0 bridgehead atoms. The van der Waals surface area contributed by atoms with Crippen molar-refractivity contribution in [1.29, 1.82) is 0 Å². The van der Waals surface area contributed by atoms with Crippen LogP contribution in [0.25, 0.3) is 0 Å². The Bertz CT molecular complexity index is 420. The van der Waals surface area contributed by atoms with Crippen molar-refractivity contribution < 1.29 is 19.1 Å². The summed E-state index contributed by atoms with van der Waals surface area (Å²) >= 11 is 3.22. The highest BCUT2D eigenvalue weighted by Crippen LogP contribution is 2.32. The lowest BCUT2D eigenvalue weighted by molar-refractivity contribution is -0.105. The van der Waals surface area contributed by atoms with Gasteiger partial charge in [0, 0.05) is 4.47 Å². The van der Waals surface area contributed by atoms with Crippen molar-refractivity contribution in [2.75, 3.05) is 19.5 Å². The first-order valence-corrected chi connectivity index (χ1v) is 5.09. The van der Waals surface area contributed by atoms with E-state index in [2.05, 4.69) is 26.0 Å². The van der Waals surface area contributed by atoms with E-state index in [-0.39, 0.29) is 11.3 Å². The van der Waals surface area contributed by atoms with Crippen LogP contribution in [0.15, 0.2) is 16.6 Å². The molecule has 1 amide bonds. The SMILES string of the molecule is COC(=O)c1cc(Br)cc(NC=O)c1OC. The number of carbonyl (C=O) groups is 2. The van der Waals surface area contributed by atoms with E-state index in [4.69, 9.17) is 4.74 Å². The molecule has 0 heterocycles. The van der Waals surface area contributed by atoms with Gasteiger partial charge in [0.05, 0.1) is 19.9 Å². The quantitative estimate of drug-likeness (QED) is 0.678. The van der Waals surface area contributed by atoms with E-state index in [1.165, 1.54) is 14.2 Å². The summed E-state index contributed by atoms with van der Waals surface area (Å²) in [4.78, 5) is 21.9. The number of anilines is 1. The van der Waals surface area contributed by atoms with Crippen LogP contribution in [0, 0.1) is 0 Å². The molecule has 0 aliphatic rings. The predicted octanol–water partition coefficient (Wildman–Crippen LogP) is 1.81. The lowest BCUT2D eigenvalue weighted by atomic mass is 10.1. The second kappa shape index (κ2) is 5.50. The number of carbonyl (C=O) groups excluding carboxylic acids is 2. The van der Waals surface area contributed by atoms with Gasteiger partial charge in [0.25, 0.3) is 0 Å². The molecule has 0 aromatic heterocycles. The zero-order chi connectivity index (χ0) is 12.1. The fourth-order valence-corrected chi connectivity index (χ4v) is 1.70. The van der Waals surface area contributed by atoms with Crippen LogP contribution in [0.1, 0.15) is 10.4 Å². The van der Waals surface area contributed by atoms with Gasteiger partial charge in [-0.3, -0.25) is 4.79 Å². The molecule has 5 nitrogen and oxygen atoms in total. The minimum Gasteiger partial charge on any atom is -0.494 e. The third kappa shape index (κ3) is 2.52. The standard InChI is InChI=1S/C10H10BrNO4/c1-15-9-7(10(14)16-2)3-6(11)4-8(9)12-5-13/h3-5H,1-2H3,(H,12,13). The van der Waals surface area contributed by atoms with Gasteiger partial charge >= 0.3 is 5.97 Å². The molecule has 86 valence electrons. The van der Waals surface area contributed by atoms with Crippen molar-refractivity contribution in [2.24, 2.45) is 0 Å². The second-order valence-corrected chi connectivity index (χ2v) is 3.70. The average molecular weight is 288 g/mol. The van der Waals surface area contributed by atoms with E-state index in [9.17, 15) is 9.59 Å². The highest BCUT2D eigenvalue weighted by Gasteiger charge is 2.17. The molecule has 16 heavy (non-hydrogen) atoms. The molecule has 1 aromatic carbocycles. The summed E-state index contributed by atoms with van der Waals surface area (Å²) < 4.78 is 10.3. The molecular weight excluding hydrogens is 278 g/mol. The fraction of sp³-hybridized carbons (Fsp3) is 0.200. The van der Waals surface area contributed by atoms with E-state index >= 15 is 0 Å². The minimum atomic E-state index is -0.535. The molecule has 0 aliphatic heterocycles. The van der Waals surface area contributed by atoms with Crippen molar-refractivity contribution in [3.05, 3.63) is 22.2 Å². The van der Waals surface area contributed by atoms with Gasteiger partial charge < -0.3 is 14.8 Å². The predicted molar refractivity (Wildman–Crippen MR) is 61.7 cm³/mol. The monoisotopic (exact) mass is 287 g/mol. The average Bonchev–Trinajstić information content (AvgIpc) is 2.27. The normalized spacial score (nSPS) is 9.44. The highest BCUT2D eigenvalue weighted by atomic mass is 79.9. The lowest BCUT2D eigenvalue weighted by Gasteiger charge is -2.12. The van der Waals surface area contributed by atoms with Gasteiger partial charge in [-0.15, -0.1) is 0 Å². The second-order valence-electron chi connectivity index (χ2n) is 2.79. The summed E-state index contributed by atoms with van der Waals surface area (Å²) in [7, 11) is 2.68. The van der Waals surface area contributed by atoms with Crippen LogP contribution < -0.4 is 10.1 Å². The van der Waals surface area contributed by atoms with Crippen LogP contribution in [0.3, 0.4) is 0 Å². The zero-order valence-electron chi connectivity index (χ0n) is 8.74. The molecule has 0 atom stereocenters. The van der Waals surface area contributed by atoms with Crippen molar-refractivity contribution in [2.45, 2.75) is 0 Å². The Kier molecular flexibility index (Phi) is 4.30. The summed E-state index contributed by atoms with van der Waals surface area (Å²) in [6.07, 6.45) is 0.505. The first-order valence-electron chi connectivity index (χ1n) is 4.30. The van der Waals surface area contributed by atoms with Crippen LogP contribution in [0.4, 0.5) is 5.69 Å². The molecule has 0 spiro atoms. The van der Waals surface area contributed by atoms with E-state index in [0.717, 1.165) is 0 Å². The van der Waals surface area contributed by atoms with Gasteiger partial charge in [0.2, 0.25) is 6.41 Å². The molecule has 0 unspecified atom stereocenters. The Morgan fingerprint density at radius 3 is 2.62 bits per heavy atom. The van der Waals surface area contributed by atoms with Crippen molar-refractivity contribution in [3.8, 4) is 5.75 Å². The van der Waals surface area contributed by atoms with Gasteiger partial charge in [0.15, 0.2) is 5.75 Å². The molecule has 0 fully saturated rings. The van der Waals surface area contributed by atoms with Crippen LogP contribution in [-0.2, 0) is 9.53 Å². The Labute approximate surface area is 101 Å². The van der Waals surface area contributed by atoms with Gasteiger partial charge in [-0.25, -0.2) is 4.79 Å². The first-order chi connectivity index (χ1) is 7.63. The summed E-state index contributed by atoms with van der Waals surface area (Å²) in [5.74, 6) is -0.269. The third-order valence-electron chi connectivity index (χ3n) is 1.88. The van der Waals surface area contributed by atoms with Crippen molar-refractivity contribution >= 4 is 34.0 Å². The Hall–Kier alpha value is -1.56. The first kappa shape index (κ1) is 12.5. The fourth-order valence-electron chi connectivity index (χ4n) is 1.25. The molecule has 1 aromatic rings. The number of nitrogens with one attached hydrogen (secondary N) is 1. The maximum Gasteiger partial charge on any atom is 0.341 e. The molecule has 0 saturated heterocycles. The topological polar surface area (TPSA) is 64.6 Å². The van der Waals surface area contributed by atoms with E-state index in [0.29, 0.717) is 16.6 Å². The number of ether oxygens (including phenoxy) is 2.